The van der Waals surface area contributed by atoms with Crippen molar-refractivity contribution in [3.63, 3.8) is 0 Å². The highest BCUT2D eigenvalue weighted by Crippen LogP contribution is 2.21. The smallest absolute Gasteiger partial charge is 0.185 e. The molecule has 17 heavy (non-hydrogen) atoms. The first-order valence-corrected chi connectivity index (χ1v) is 5.79. The molecule has 0 bridgehead atoms. The van der Waals surface area contributed by atoms with Gasteiger partial charge in [0.2, 0.25) is 0 Å². The van der Waals surface area contributed by atoms with Crippen LogP contribution >= 0.6 is 23.2 Å². The zero-order valence-corrected chi connectivity index (χ0v) is 10.7. The lowest BCUT2D eigenvalue weighted by Gasteiger charge is -2.04. The molecule has 0 saturated heterocycles. The summed E-state index contributed by atoms with van der Waals surface area (Å²) in [7, 11) is 0. The third kappa shape index (κ3) is 2.87. The van der Waals surface area contributed by atoms with Crippen molar-refractivity contribution < 1.29 is 4.79 Å². The molecule has 0 aliphatic heterocycles. The molecule has 3 nitrogen and oxygen atoms in total. The molecular formula is C12H10Cl2N2O. The number of aromatic nitrogens is 2. The van der Waals surface area contributed by atoms with E-state index in [9.17, 15) is 4.79 Å². The summed E-state index contributed by atoms with van der Waals surface area (Å²) in [4.78, 5) is 12.0. The number of nitrogens with zero attached hydrogens (tertiary/aromatic N) is 2. The van der Waals surface area contributed by atoms with E-state index in [1.807, 2.05) is 13.1 Å². The van der Waals surface area contributed by atoms with Gasteiger partial charge in [0.15, 0.2) is 5.78 Å². The molecule has 0 amide bonds. The first-order valence-electron chi connectivity index (χ1n) is 5.03. The van der Waals surface area contributed by atoms with Gasteiger partial charge in [0.25, 0.3) is 0 Å². The first-order chi connectivity index (χ1) is 8.06. The second-order valence-electron chi connectivity index (χ2n) is 3.76. The van der Waals surface area contributed by atoms with Gasteiger partial charge in [0, 0.05) is 16.8 Å². The lowest BCUT2D eigenvalue weighted by molar-refractivity contribution is 0.0968. The third-order valence-corrected chi connectivity index (χ3v) is 2.85. The fourth-order valence-electron chi connectivity index (χ4n) is 1.50. The van der Waals surface area contributed by atoms with Crippen molar-refractivity contribution in [2.24, 2.45) is 0 Å². The molecule has 0 atom stereocenters. The van der Waals surface area contributed by atoms with Crippen LogP contribution in [0.1, 0.15) is 15.9 Å². The highest BCUT2D eigenvalue weighted by atomic mass is 35.5. The van der Waals surface area contributed by atoms with Crippen LogP contribution in [0, 0.1) is 6.92 Å². The summed E-state index contributed by atoms with van der Waals surface area (Å²) in [6.07, 6.45) is 3.51. The van der Waals surface area contributed by atoms with Gasteiger partial charge in [0.1, 0.15) is 6.54 Å². The van der Waals surface area contributed by atoms with Crippen LogP contribution in [0.5, 0.6) is 0 Å². The van der Waals surface area contributed by atoms with Gasteiger partial charge in [-0.3, -0.25) is 9.48 Å². The number of carbonyl (C=O) groups excluding carboxylic acids is 1. The molecule has 1 aromatic heterocycles. The summed E-state index contributed by atoms with van der Waals surface area (Å²) in [5.41, 5.74) is 1.48. The summed E-state index contributed by atoms with van der Waals surface area (Å²) in [5, 5.41) is 4.94. The Labute approximate surface area is 109 Å². The number of benzene rings is 1. The van der Waals surface area contributed by atoms with E-state index in [0.717, 1.165) is 5.56 Å². The van der Waals surface area contributed by atoms with Crippen molar-refractivity contribution in [3.8, 4) is 0 Å². The fraction of sp³-hybridized carbons (Fsp3) is 0.167. The number of hydrogen-bond donors (Lipinski definition) is 0. The minimum absolute atomic E-state index is 0.0882. The molecule has 0 radical (unpaired) electrons. The van der Waals surface area contributed by atoms with Crippen LogP contribution in [-0.2, 0) is 6.54 Å². The van der Waals surface area contributed by atoms with E-state index in [1.165, 1.54) is 0 Å². The van der Waals surface area contributed by atoms with E-state index < -0.39 is 0 Å². The predicted molar refractivity (Wildman–Crippen MR) is 67.8 cm³/mol. The second kappa shape index (κ2) is 4.90. The molecular weight excluding hydrogens is 259 g/mol. The Kier molecular flexibility index (Phi) is 3.50. The molecule has 0 unspecified atom stereocenters. The lowest BCUT2D eigenvalue weighted by atomic mass is 10.1. The molecule has 5 heteroatoms. The summed E-state index contributed by atoms with van der Waals surface area (Å²) in [5.74, 6) is -0.0882. The normalized spacial score (nSPS) is 10.5. The molecule has 0 N–H and O–H groups in total. The molecule has 88 valence electrons. The van der Waals surface area contributed by atoms with Crippen LogP contribution in [0.2, 0.25) is 10.0 Å². The molecule has 1 aromatic carbocycles. The Morgan fingerprint density at radius 3 is 2.76 bits per heavy atom. The van der Waals surface area contributed by atoms with Gasteiger partial charge in [0.05, 0.1) is 11.2 Å². The average molecular weight is 269 g/mol. The van der Waals surface area contributed by atoms with Crippen LogP contribution in [-0.4, -0.2) is 15.6 Å². The second-order valence-corrected chi connectivity index (χ2v) is 4.61. The van der Waals surface area contributed by atoms with Crippen molar-refractivity contribution in [2.75, 3.05) is 0 Å². The highest BCUT2D eigenvalue weighted by Gasteiger charge is 2.11. The van der Waals surface area contributed by atoms with Gasteiger partial charge in [-0.1, -0.05) is 23.2 Å². The van der Waals surface area contributed by atoms with E-state index in [1.54, 1.807) is 29.1 Å². The van der Waals surface area contributed by atoms with E-state index in [-0.39, 0.29) is 12.3 Å². The molecule has 0 aliphatic rings. The van der Waals surface area contributed by atoms with Crippen molar-refractivity contribution >= 4 is 29.0 Å². The molecule has 2 aromatic rings. The molecule has 1 heterocycles. The van der Waals surface area contributed by atoms with Crippen LogP contribution < -0.4 is 0 Å². The Morgan fingerprint density at radius 1 is 1.41 bits per heavy atom. The van der Waals surface area contributed by atoms with E-state index in [0.29, 0.717) is 15.6 Å². The Bertz CT molecular complexity index is 563. The van der Waals surface area contributed by atoms with Gasteiger partial charge in [-0.05, 0) is 30.7 Å². The predicted octanol–water partition coefficient (Wildman–Crippen LogP) is 3.38. The number of Topliss-reactive ketones (excluding diaryl/α,β-unsaturated/α-hetero) is 1. The summed E-state index contributed by atoms with van der Waals surface area (Å²) < 4.78 is 1.59. The topological polar surface area (TPSA) is 34.9 Å². The van der Waals surface area contributed by atoms with Crippen LogP contribution in [0.25, 0.3) is 0 Å². The lowest BCUT2D eigenvalue weighted by Crippen LogP contribution is -2.11. The standard InChI is InChI=1S/C12H10Cl2N2O/c1-8-5-15-16(6-8)7-12(17)10-3-2-9(13)4-11(10)14/h2-6H,7H2,1H3. The number of carbonyl (C=O) groups is 1. The quantitative estimate of drug-likeness (QED) is 0.800. The molecule has 2 rings (SSSR count). The number of ketones is 1. The van der Waals surface area contributed by atoms with Crippen LogP contribution in [0.3, 0.4) is 0 Å². The minimum Gasteiger partial charge on any atom is -0.292 e. The van der Waals surface area contributed by atoms with Gasteiger partial charge >= 0.3 is 0 Å². The first kappa shape index (κ1) is 12.1. The van der Waals surface area contributed by atoms with E-state index >= 15 is 0 Å². The van der Waals surface area contributed by atoms with Crippen molar-refractivity contribution in [2.45, 2.75) is 13.5 Å². The fourth-order valence-corrected chi connectivity index (χ4v) is 2.02. The highest BCUT2D eigenvalue weighted by molar-refractivity contribution is 6.36. The van der Waals surface area contributed by atoms with Crippen molar-refractivity contribution in [1.82, 2.24) is 9.78 Å². The van der Waals surface area contributed by atoms with Crippen molar-refractivity contribution in [3.05, 3.63) is 51.8 Å². The van der Waals surface area contributed by atoms with Gasteiger partial charge in [-0.15, -0.1) is 0 Å². The maximum Gasteiger partial charge on any atom is 0.185 e. The zero-order valence-electron chi connectivity index (χ0n) is 9.15. The SMILES string of the molecule is Cc1cnn(CC(=O)c2ccc(Cl)cc2Cl)c1. The van der Waals surface area contributed by atoms with E-state index in [4.69, 9.17) is 23.2 Å². The average Bonchev–Trinajstić information content (AvgIpc) is 2.63. The zero-order chi connectivity index (χ0) is 12.4. The van der Waals surface area contributed by atoms with E-state index in [2.05, 4.69) is 5.10 Å². The molecule has 0 saturated carbocycles. The number of halogens is 2. The summed E-state index contributed by atoms with van der Waals surface area (Å²) in [6.45, 7) is 2.10. The Morgan fingerprint density at radius 2 is 2.18 bits per heavy atom. The van der Waals surface area contributed by atoms with Crippen molar-refractivity contribution in [1.29, 1.82) is 0 Å². The molecule has 0 aliphatic carbocycles. The molecule has 0 fully saturated rings. The monoisotopic (exact) mass is 268 g/mol. The van der Waals surface area contributed by atoms with Gasteiger partial charge < -0.3 is 0 Å². The largest absolute Gasteiger partial charge is 0.292 e. The summed E-state index contributed by atoms with van der Waals surface area (Å²) in [6, 6.07) is 4.84. The third-order valence-electron chi connectivity index (χ3n) is 2.30. The number of aryl methyl sites for hydroxylation is 1. The van der Waals surface area contributed by atoms with Crippen LogP contribution in [0.15, 0.2) is 30.6 Å². The maximum atomic E-state index is 12.0. The van der Waals surface area contributed by atoms with Gasteiger partial charge in [-0.25, -0.2) is 0 Å². The Hall–Kier alpha value is -1.32. The maximum absolute atomic E-state index is 12.0. The number of hydrogen-bond acceptors (Lipinski definition) is 2. The Balaban J connectivity index is 2.20. The van der Waals surface area contributed by atoms with Gasteiger partial charge in [-0.2, -0.15) is 5.10 Å². The van der Waals surface area contributed by atoms with Crippen LogP contribution in [0.4, 0.5) is 0 Å². The number of rotatable bonds is 3. The summed E-state index contributed by atoms with van der Waals surface area (Å²) >= 11 is 11.7. The molecule has 0 spiro atoms. The minimum atomic E-state index is -0.0882.